The third kappa shape index (κ3) is 8.58. The molecule has 9 heteroatoms. The van der Waals surface area contributed by atoms with Crippen molar-refractivity contribution < 1.29 is 18.5 Å². The van der Waals surface area contributed by atoms with Gasteiger partial charge in [0.2, 0.25) is 0 Å². The lowest BCUT2D eigenvalue weighted by Crippen LogP contribution is -2.37. The summed E-state index contributed by atoms with van der Waals surface area (Å²) in [6.45, 7) is 7.16. The first-order chi connectivity index (χ1) is 16.2. The van der Waals surface area contributed by atoms with E-state index in [0.29, 0.717) is 18.2 Å². The van der Waals surface area contributed by atoms with Gasteiger partial charge in [-0.05, 0) is 48.2 Å². The van der Waals surface area contributed by atoms with Crippen molar-refractivity contribution in [3.8, 4) is 11.5 Å². The Morgan fingerprint density at radius 1 is 1.21 bits per heavy atom. The highest BCUT2D eigenvalue weighted by atomic mass is 35.5. The van der Waals surface area contributed by atoms with Crippen LogP contribution in [0.1, 0.15) is 37.0 Å². The van der Waals surface area contributed by atoms with Crippen LogP contribution < -0.4 is 21.1 Å². The molecule has 2 aromatic rings. The number of hydrogen-bond acceptors (Lipinski definition) is 7. The number of nitrogens with zero attached hydrogens (tertiary/aromatic N) is 1. The smallest absolute Gasteiger partial charge is 0.122 e. The Morgan fingerprint density at radius 3 is 2.50 bits per heavy atom. The molecule has 5 N–H and O–H groups in total. The molecule has 0 saturated carbocycles. The van der Waals surface area contributed by atoms with E-state index in [1.807, 2.05) is 37.3 Å². The molecule has 0 fully saturated rings. The minimum atomic E-state index is -0.837. The van der Waals surface area contributed by atoms with Gasteiger partial charge < -0.3 is 25.3 Å². The van der Waals surface area contributed by atoms with Crippen molar-refractivity contribution in [2.75, 3.05) is 31.4 Å². The van der Waals surface area contributed by atoms with Gasteiger partial charge in [0.15, 0.2) is 0 Å². The van der Waals surface area contributed by atoms with Crippen molar-refractivity contribution >= 4 is 23.7 Å². The fourth-order valence-corrected chi connectivity index (χ4v) is 3.74. The van der Waals surface area contributed by atoms with Crippen molar-refractivity contribution in [2.45, 2.75) is 38.7 Å². The Labute approximate surface area is 211 Å². The summed E-state index contributed by atoms with van der Waals surface area (Å²) in [5.41, 5.74) is 9.08. The average Bonchev–Trinajstić information content (AvgIpc) is 2.79. The number of halogens is 2. The molecule has 0 aromatic heterocycles. The second-order valence-electron chi connectivity index (χ2n) is 8.64. The second kappa shape index (κ2) is 13.7. The number of hydrazine groups is 1. The van der Waals surface area contributed by atoms with Crippen molar-refractivity contribution in [1.82, 2.24) is 5.01 Å². The van der Waals surface area contributed by atoms with E-state index in [1.165, 1.54) is 16.8 Å². The molecule has 1 atom stereocenters. The summed E-state index contributed by atoms with van der Waals surface area (Å²) in [5, 5.41) is 11.4. The Hall–Kier alpha value is -2.13. The summed E-state index contributed by atoms with van der Waals surface area (Å²) in [6.07, 6.45) is 1.37. The molecule has 0 amide bonds. The van der Waals surface area contributed by atoms with E-state index in [0.717, 1.165) is 23.3 Å². The molecule has 0 unspecified atom stereocenters. The van der Waals surface area contributed by atoms with Crippen molar-refractivity contribution in [2.24, 2.45) is 11.6 Å². The minimum absolute atomic E-state index is 0.0229. The molecule has 0 aliphatic carbocycles. The molecule has 0 aliphatic rings. The molecule has 0 aliphatic heterocycles. The van der Waals surface area contributed by atoms with Gasteiger partial charge in [-0.3, -0.25) is 0 Å². The SMILES string of the molecule is Cc1cc(C(C)(C)c2ccc(OC[C@H](O)CN(N)/C=C(\N)CSF)cc2)ccc1OCCCCl. The minimum Gasteiger partial charge on any atom is -0.493 e. The summed E-state index contributed by atoms with van der Waals surface area (Å²) in [5.74, 6) is 7.89. The topological polar surface area (TPSA) is 94.0 Å². The Bertz CT molecular complexity index is 928. The van der Waals surface area contributed by atoms with E-state index >= 15 is 0 Å². The van der Waals surface area contributed by atoms with E-state index in [4.69, 9.17) is 32.7 Å². The first-order valence-corrected chi connectivity index (χ1v) is 12.5. The predicted octanol–water partition coefficient (Wildman–Crippen LogP) is 4.66. The summed E-state index contributed by atoms with van der Waals surface area (Å²) in [7, 11) is 0. The quantitative estimate of drug-likeness (QED) is 0.147. The van der Waals surface area contributed by atoms with Gasteiger partial charge in [0, 0.05) is 23.2 Å². The van der Waals surface area contributed by atoms with E-state index in [1.54, 1.807) is 0 Å². The standard InChI is InChI=1S/C25H35ClFN3O3S/c1-18-13-20(7-10-24(18)32-12-4-11-26)25(2,3)19-5-8-23(9-6-19)33-16-22(31)15-30(29)14-21(28)17-34-27/h5-10,13-14,22,31H,4,11-12,15-17,28-29H2,1-3H3/b21-14-/t22-/m1/s1. The van der Waals surface area contributed by atoms with Gasteiger partial charge in [-0.15, -0.1) is 11.6 Å². The van der Waals surface area contributed by atoms with E-state index < -0.39 is 6.10 Å². The zero-order valence-electron chi connectivity index (χ0n) is 20.0. The maximum atomic E-state index is 12.2. The number of aliphatic hydroxyl groups excluding tert-OH is 1. The molecule has 0 heterocycles. The summed E-state index contributed by atoms with van der Waals surface area (Å²) in [6, 6.07) is 14.1. The molecule has 188 valence electrons. The number of ether oxygens (including phenoxy) is 2. The fraction of sp³-hybridized carbons (Fsp3) is 0.440. The van der Waals surface area contributed by atoms with Gasteiger partial charge in [-0.2, -0.15) is 3.89 Å². The fourth-order valence-electron chi connectivity index (χ4n) is 3.43. The largest absolute Gasteiger partial charge is 0.493 e. The molecule has 0 spiro atoms. The number of aliphatic hydroxyl groups is 1. The van der Waals surface area contributed by atoms with Crippen LogP contribution in [0.5, 0.6) is 11.5 Å². The average molecular weight is 512 g/mol. The zero-order chi connectivity index (χ0) is 25.1. The number of hydrogen-bond donors (Lipinski definition) is 3. The Kier molecular flexibility index (Phi) is 11.3. The van der Waals surface area contributed by atoms with Gasteiger partial charge in [0.1, 0.15) is 24.2 Å². The highest BCUT2D eigenvalue weighted by Crippen LogP contribution is 2.34. The summed E-state index contributed by atoms with van der Waals surface area (Å²) < 4.78 is 23.7. The van der Waals surface area contributed by atoms with Gasteiger partial charge >= 0.3 is 0 Å². The van der Waals surface area contributed by atoms with Crippen LogP contribution in [0.4, 0.5) is 3.89 Å². The van der Waals surface area contributed by atoms with Crippen molar-refractivity contribution in [3.05, 3.63) is 71.1 Å². The number of nitrogens with two attached hydrogens (primary N) is 2. The monoisotopic (exact) mass is 511 g/mol. The lowest BCUT2D eigenvalue weighted by molar-refractivity contribution is 0.0817. The molecule has 6 nitrogen and oxygen atoms in total. The number of rotatable bonds is 14. The number of benzene rings is 2. The molecule has 34 heavy (non-hydrogen) atoms. The van der Waals surface area contributed by atoms with Crippen LogP contribution in [0.2, 0.25) is 0 Å². The molecule has 2 aromatic carbocycles. The van der Waals surface area contributed by atoms with Crippen LogP contribution in [0.15, 0.2) is 54.4 Å². The highest BCUT2D eigenvalue weighted by molar-refractivity contribution is 7.94. The van der Waals surface area contributed by atoms with Crippen molar-refractivity contribution in [1.29, 1.82) is 0 Å². The van der Waals surface area contributed by atoms with Crippen LogP contribution >= 0.6 is 23.7 Å². The number of aryl methyl sites for hydroxylation is 1. The Balaban J connectivity index is 1.96. The third-order valence-electron chi connectivity index (χ3n) is 5.42. The van der Waals surface area contributed by atoms with Crippen LogP contribution in [0.3, 0.4) is 0 Å². The lowest BCUT2D eigenvalue weighted by Gasteiger charge is -2.27. The second-order valence-corrected chi connectivity index (χ2v) is 9.52. The van der Waals surface area contributed by atoms with Crippen molar-refractivity contribution in [3.63, 3.8) is 0 Å². The maximum absolute atomic E-state index is 12.2. The molecule has 0 bridgehead atoms. The van der Waals surface area contributed by atoms with Crippen LogP contribution in [0, 0.1) is 6.92 Å². The molecular formula is C25H35ClFN3O3S. The van der Waals surface area contributed by atoms with Crippen LogP contribution in [-0.2, 0) is 5.41 Å². The first-order valence-electron chi connectivity index (χ1n) is 11.1. The van der Waals surface area contributed by atoms with Gasteiger partial charge in [-0.25, -0.2) is 5.84 Å². The molecule has 0 saturated heterocycles. The highest BCUT2D eigenvalue weighted by Gasteiger charge is 2.24. The first kappa shape index (κ1) is 28.1. The molecular weight excluding hydrogens is 477 g/mol. The van der Waals surface area contributed by atoms with Crippen LogP contribution in [-0.4, -0.2) is 47.6 Å². The van der Waals surface area contributed by atoms with Gasteiger partial charge in [0.25, 0.3) is 0 Å². The van der Waals surface area contributed by atoms with E-state index in [-0.39, 0.29) is 42.2 Å². The molecule has 2 rings (SSSR count). The lowest BCUT2D eigenvalue weighted by atomic mass is 9.77. The predicted molar refractivity (Wildman–Crippen MR) is 139 cm³/mol. The zero-order valence-corrected chi connectivity index (χ0v) is 21.5. The van der Waals surface area contributed by atoms with Crippen LogP contribution in [0.25, 0.3) is 0 Å². The van der Waals surface area contributed by atoms with Gasteiger partial charge in [-0.1, -0.05) is 38.1 Å². The normalized spacial score (nSPS) is 13.0. The van der Waals surface area contributed by atoms with E-state index in [9.17, 15) is 8.99 Å². The summed E-state index contributed by atoms with van der Waals surface area (Å²) in [4.78, 5) is 0. The Morgan fingerprint density at radius 2 is 1.88 bits per heavy atom. The summed E-state index contributed by atoms with van der Waals surface area (Å²) >= 11 is 5.84. The van der Waals surface area contributed by atoms with Gasteiger partial charge in [0.05, 0.1) is 31.1 Å². The maximum Gasteiger partial charge on any atom is 0.122 e. The van der Waals surface area contributed by atoms with E-state index in [2.05, 4.69) is 26.0 Å². The number of alkyl halides is 1. The molecule has 0 radical (unpaired) electrons. The third-order valence-corrected chi connectivity index (χ3v) is 6.13.